The Kier molecular flexibility index (Phi) is 5.19. The number of fused-ring (bicyclic) bond motifs is 1. The van der Waals surface area contributed by atoms with Crippen molar-refractivity contribution in [1.29, 1.82) is 0 Å². The van der Waals surface area contributed by atoms with Gasteiger partial charge in [-0.1, -0.05) is 18.2 Å². The first-order valence-electron chi connectivity index (χ1n) is 5.18. The maximum atomic E-state index is 11.4. The second-order valence-electron chi connectivity index (χ2n) is 3.43. The second kappa shape index (κ2) is 6.43. The van der Waals surface area contributed by atoms with Crippen molar-refractivity contribution in [3.63, 3.8) is 0 Å². The molecule has 0 saturated heterocycles. The van der Waals surface area contributed by atoms with Crippen LogP contribution in [0.2, 0.25) is 0 Å². The van der Waals surface area contributed by atoms with E-state index in [4.69, 9.17) is 4.74 Å². The summed E-state index contributed by atoms with van der Waals surface area (Å²) in [5.74, 6) is 0.919. The molecule has 0 aromatic heterocycles. The Bertz CT molecular complexity index is 355. The predicted octanol–water partition coefficient (Wildman–Crippen LogP) is 1.53. The molecular weight excluding hydrogens is 222 g/mol. The number of carbonyl (C=O) groups excluding carboxylic acids is 1. The summed E-state index contributed by atoms with van der Waals surface area (Å²) >= 11 is 3.53. The van der Waals surface area contributed by atoms with Crippen LogP contribution in [0.4, 0.5) is 0 Å². The van der Waals surface area contributed by atoms with Crippen LogP contribution in [-0.2, 0) is 11.2 Å². The van der Waals surface area contributed by atoms with Crippen LogP contribution in [0.15, 0.2) is 24.3 Å². The molecule has 4 heteroatoms. The Labute approximate surface area is 102 Å². The lowest BCUT2D eigenvalue weighted by molar-refractivity contribution is -0.125. The number of benzene rings is 1. The van der Waals surface area contributed by atoms with Gasteiger partial charge in [0.15, 0.2) is 0 Å². The topological polar surface area (TPSA) is 38.3 Å². The van der Waals surface area contributed by atoms with E-state index in [9.17, 15) is 4.79 Å². The Morgan fingerprint density at radius 2 is 2.12 bits per heavy atom. The molecule has 1 aliphatic rings. The van der Waals surface area contributed by atoms with Gasteiger partial charge in [-0.2, -0.15) is 12.6 Å². The second-order valence-corrected chi connectivity index (χ2v) is 3.43. The summed E-state index contributed by atoms with van der Waals surface area (Å²) in [6, 6.07) is 7.85. The SMILES string of the molecule is CNC(=O)C1COc2ccccc2C1.CS. The van der Waals surface area contributed by atoms with Crippen molar-refractivity contribution in [2.45, 2.75) is 6.42 Å². The maximum Gasteiger partial charge on any atom is 0.226 e. The zero-order valence-corrected chi connectivity index (χ0v) is 10.5. The summed E-state index contributed by atoms with van der Waals surface area (Å²) in [5.41, 5.74) is 1.12. The van der Waals surface area contributed by atoms with Crippen LogP contribution in [0, 0.1) is 5.92 Å². The van der Waals surface area contributed by atoms with Crippen LogP contribution < -0.4 is 10.1 Å². The van der Waals surface area contributed by atoms with Crippen molar-refractivity contribution in [1.82, 2.24) is 5.32 Å². The molecule has 88 valence electrons. The quantitative estimate of drug-likeness (QED) is 0.729. The molecule has 3 nitrogen and oxygen atoms in total. The van der Waals surface area contributed by atoms with Gasteiger partial charge in [-0.3, -0.25) is 4.79 Å². The van der Waals surface area contributed by atoms with Crippen LogP contribution in [0.1, 0.15) is 5.56 Å². The van der Waals surface area contributed by atoms with Gasteiger partial charge in [0.1, 0.15) is 12.4 Å². The highest BCUT2D eigenvalue weighted by molar-refractivity contribution is 7.79. The molecule has 0 bridgehead atoms. The molecule has 1 amide bonds. The fourth-order valence-corrected chi connectivity index (χ4v) is 1.70. The molecule has 1 aromatic rings. The lowest BCUT2D eigenvalue weighted by atomic mass is 9.96. The smallest absolute Gasteiger partial charge is 0.226 e. The van der Waals surface area contributed by atoms with Gasteiger partial charge in [0.05, 0.1) is 5.92 Å². The molecule has 16 heavy (non-hydrogen) atoms. The highest BCUT2D eigenvalue weighted by Crippen LogP contribution is 2.26. The Morgan fingerprint density at radius 1 is 1.44 bits per heavy atom. The standard InChI is InChI=1S/C11H13NO2.CH4S/c1-12-11(13)9-6-8-4-2-3-5-10(8)14-7-9;1-2/h2-5,9H,6-7H2,1H3,(H,12,13);2H,1H3. The fourth-order valence-electron chi connectivity index (χ4n) is 1.70. The third kappa shape index (κ3) is 2.92. The maximum absolute atomic E-state index is 11.4. The summed E-state index contributed by atoms with van der Waals surface area (Å²) in [6.07, 6.45) is 2.47. The van der Waals surface area contributed by atoms with Gasteiger partial charge >= 0.3 is 0 Å². The Balaban J connectivity index is 0.000000606. The summed E-state index contributed by atoms with van der Waals surface area (Å²) < 4.78 is 5.50. The molecule has 1 aromatic carbocycles. The number of para-hydroxylation sites is 1. The van der Waals surface area contributed by atoms with Gasteiger partial charge in [0.2, 0.25) is 5.91 Å². The molecule has 1 N–H and O–H groups in total. The molecule has 0 aliphatic carbocycles. The lowest BCUT2D eigenvalue weighted by Gasteiger charge is -2.23. The number of hydrogen-bond acceptors (Lipinski definition) is 3. The minimum atomic E-state index is -0.0464. The Hall–Kier alpha value is -1.16. The molecule has 1 atom stereocenters. The molecule has 1 heterocycles. The molecule has 1 unspecified atom stereocenters. The van der Waals surface area contributed by atoms with Crippen molar-refractivity contribution >= 4 is 18.5 Å². The van der Waals surface area contributed by atoms with E-state index in [1.165, 1.54) is 0 Å². The first-order chi connectivity index (χ1) is 7.81. The number of amides is 1. The molecule has 2 rings (SSSR count). The van der Waals surface area contributed by atoms with Gasteiger partial charge in [0, 0.05) is 7.05 Å². The van der Waals surface area contributed by atoms with Crippen LogP contribution in [0.3, 0.4) is 0 Å². The molecular formula is C12H17NO2S. The molecule has 0 spiro atoms. The molecule has 1 aliphatic heterocycles. The van der Waals surface area contributed by atoms with E-state index in [0.29, 0.717) is 6.61 Å². The van der Waals surface area contributed by atoms with Gasteiger partial charge in [-0.15, -0.1) is 0 Å². The largest absolute Gasteiger partial charge is 0.492 e. The van der Waals surface area contributed by atoms with Crippen LogP contribution in [0.25, 0.3) is 0 Å². The summed E-state index contributed by atoms with van der Waals surface area (Å²) in [6.45, 7) is 0.483. The number of ether oxygens (including phenoxy) is 1. The van der Waals surface area contributed by atoms with Crippen LogP contribution in [0.5, 0.6) is 5.75 Å². The van der Waals surface area contributed by atoms with Crippen LogP contribution in [-0.4, -0.2) is 25.8 Å². The highest BCUT2D eigenvalue weighted by atomic mass is 32.1. The van der Waals surface area contributed by atoms with E-state index in [0.717, 1.165) is 17.7 Å². The number of thiol groups is 1. The van der Waals surface area contributed by atoms with Crippen molar-refractivity contribution in [3.8, 4) is 5.75 Å². The molecule has 0 saturated carbocycles. The molecule has 0 radical (unpaired) electrons. The minimum Gasteiger partial charge on any atom is -0.492 e. The summed E-state index contributed by atoms with van der Waals surface area (Å²) in [7, 11) is 1.66. The van der Waals surface area contributed by atoms with Gasteiger partial charge in [-0.25, -0.2) is 0 Å². The highest BCUT2D eigenvalue weighted by Gasteiger charge is 2.24. The normalized spacial score (nSPS) is 17.3. The van der Waals surface area contributed by atoms with Gasteiger partial charge < -0.3 is 10.1 Å². The van der Waals surface area contributed by atoms with Crippen molar-refractivity contribution in [3.05, 3.63) is 29.8 Å². The predicted molar refractivity (Wildman–Crippen MR) is 68.1 cm³/mol. The van der Waals surface area contributed by atoms with Crippen LogP contribution >= 0.6 is 12.6 Å². The average Bonchev–Trinajstić information content (AvgIpc) is 2.39. The van der Waals surface area contributed by atoms with Gasteiger partial charge in [0.25, 0.3) is 0 Å². The van der Waals surface area contributed by atoms with E-state index < -0.39 is 0 Å². The monoisotopic (exact) mass is 239 g/mol. The first-order valence-corrected chi connectivity index (χ1v) is 6.07. The first kappa shape index (κ1) is 12.9. The zero-order valence-electron chi connectivity index (χ0n) is 9.56. The number of hydrogen-bond donors (Lipinski definition) is 2. The average molecular weight is 239 g/mol. The third-order valence-electron chi connectivity index (χ3n) is 2.50. The van der Waals surface area contributed by atoms with Gasteiger partial charge in [-0.05, 0) is 24.3 Å². The molecule has 0 fully saturated rings. The zero-order chi connectivity index (χ0) is 12.0. The van der Waals surface area contributed by atoms with E-state index in [2.05, 4.69) is 17.9 Å². The number of rotatable bonds is 1. The summed E-state index contributed by atoms with van der Waals surface area (Å²) in [4.78, 5) is 11.4. The summed E-state index contributed by atoms with van der Waals surface area (Å²) in [5, 5.41) is 2.65. The third-order valence-corrected chi connectivity index (χ3v) is 2.50. The minimum absolute atomic E-state index is 0.0464. The Morgan fingerprint density at radius 3 is 2.81 bits per heavy atom. The fraction of sp³-hybridized carbons (Fsp3) is 0.417. The number of carbonyl (C=O) groups is 1. The van der Waals surface area contributed by atoms with E-state index in [-0.39, 0.29) is 11.8 Å². The van der Waals surface area contributed by atoms with E-state index in [1.807, 2.05) is 24.3 Å². The van der Waals surface area contributed by atoms with E-state index in [1.54, 1.807) is 13.3 Å². The van der Waals surface area contributed by atoms with Crippen molar-refractivity contribution in [2.24, 2.45) is 5.92 Å². The lowest BCUT2D eigenvalue weighted by Crippen LogP contribution is -2.35. The van der Waals surface area contributed by atoms with E-state index >= 15 is 0 Å². The number of nitrogens with one attached hydrogen (secondary N) is 1. The van der Waals surface area contributed by atoms with Crippen molar-refractivity contribution in [2.75, 3.05) is 19.9 Å². The van der Waals surface area contributed by atoms with Crippen molar-refractivity contribution < 1.29 is 9.53 Å².